The van der Waals surface area contributed by atoms with Crippen LogP contribution >= 0.6 is 0 Å². The molecule has 2 heterocycles. The molecule has 0 spiro atoms. The van der Waals surface area contributed by atoms with Gasteiger partial charge in [-0.1, -0.05) is 43.3 Å². The third-order valence-corrected chi connectivity index (χ3v) is 5.37. The third-order valence-electron chi connectivity index (χ3n) is 5.37. The fraction of sp³-hybridized carbons (Fsp3) is 0.364. The number of nitrogens with one attached hydrogen (secondary N) is 1. The molecule has 0 saturated carbocycles. The van der Waals surface area contributed by atoms with Crippen LogP contribution in [0.1, 0.15) is 41.3 Å². The maximum atomic E-state index is 12.7. The number of nitrogens with zero attached hydrogens (tertiary/aromatic N) is 5. The SMILES string of the molecule is CC1CCCN(Cc2ccc(CNC(=O)c3ccccc3-n3cnnn3)cc2)C1. The van der Waals surface area contributed by atoms with Crippen LogP contribution in [0, 0.1) is 5.92 Å². The Labute approximate surface area is 170 Å². The highest BCUT2D eigenvalue weighted by Gasteiger charge is 2.16. The van der Waals surface area contributed by atoms with Crippen molar-refractivity contribution in [3.8, 4) is 5.69 Å². The van der Waals surface area contributed by atoms with Crippen molar-refractivity contribution >= 4 is 5.91 Å². The molecule has 0 aliphatic carbocycles. The number of rotatable bonds is 6. The molecule has 2 aromatic carbocycles. The highest BCUT2D eigenvalue weighted by Crippen LogP contribution is 2.18. The smallest absolute Gasteiger partial charge is 0.253 e. The van der Waals surface area contributed by atoms with Crippen molar-refractivity contribution in [1.29, 1.82) is 0 Å². The van der Waals surface area contributed by atoms with Gasteiger partial charge in [-0.25, -0.2) is 0 Å². The zero-order valence-corrected chi connectivity index (χ0v) is 16.7. The summed E-state index contributed by atoms with van der Waals surface area (Å²) in [4.78, 5) is 15.2. The zero-order valence-electron chi connectivity index (χ0n) is 16.7. The average molecular weight is 390 g/mol. The van der Waals surface area contributed by atoms with Gasteiger partial charge < -0.3 is 5.32 Å². The molecule has 4 rings (SSSR count). The van der Waals surface area contributed by atoms with Crippen molar-refractivity contribution in [2.45, 2.75) is 32.9 Å². The first-order valence-electron chi connectivity index (χ1n) is 10.1. The summed E-state index contributed by atoms with van der Waals surface area (Å²) in [7, 11) is 0. The van der Waals surface area contributed by atoms with Crippen molar-refractivity contribution < 1.29 is 4.79 Å². The molecule has 150 valence electrons. The van der Waals surface area contributed by atoms with Crippen LogP contribution in [0.5, 0.6) is 0 Å². The Kier molecular flexibility index (Phi) is 5.95. The minimum atomic E-state index is -0.150. The lowest BCUT2D eigenvalue weighted by Gasteiger charge is -2.30. The second kappa shape index (κ2) is 8.96. The predicted octanol–water partition coefficient (Wildman–Crippen LogP) is 2.82. The van der Waals surface area contributed by atoms with E-state index in [-0.39, 0.29) is 5.91 Å². The van der Waals surface area contributed by atoms with E-state index in [1.807, 2.05) is 18.2 Å². The summed E-state index contributed by atoms with van der Waals surface area (Å²) in [6, 6.07) is 15.8. The van der Waals surface area contributed by atoms with E-state index < -0.39 is 0 Å². The number of piperidine rings is 1. The lowest BCUT2D eigenvalue weighted by molar-refractivity contribution is 0.0950. The van der Waals surface area contributed by atoms with Crippen LogP contribution in [0.2, 0.25) is 0 Å². The molecule has 3 aromatic rings. The van der Waals surface area contributed by atoms with E-state index in [9.17, 15) is 4.79 Å². The Balaban J connectivity index is 1.35. The maximum absolute atomic E-state index is 12.7. The first-order valence-corrected chi connectivity index (χ1v) is 10.1. The number of hydrogen-bond donors (Lipinski definition) is 1. The Morgan fingerprint density at radius 3 is 2.69 bits per heavy atom. The summed E-state index contributed by atoms with van der Waals surface area (Å²) in [5.41, 5.74) is 3.59. The van der Waals surface area contributed by atoms with Crippen LogP contribution in [0.25, 0.3) is 5.69 Å². The van der Waals surface area contributed by atoms with Gasteiger partial charge in [0.1, 0.15) is 6.33 Å². The predicted molar refractivity (Wildman–Crippen MR) is 110 cm³/mol. The van der Waals surface area contributed by atoms with Gasteiger partial charge in [0, 0.05) is 19.6 Å². The standard InChI is InChI=1S/C22H26N6O/c1-17-5-4-12-27(14-17)15-19-10-8-18(9-11-19)13-23-22(29)20-6-2-3-7-21(20)28-16-24-25-26-28/h2-3,6-11,16-17H,4-5,12-15H2,1H3,(H,23,29). The number of hydrogen-bond acceptors (Lipinski definition) is 5. The monoisotopic (exact) mass is 390 g/mol. The largest absolute Gasteiger partial charge is 0.348 e. The number of aromatic nitrogens is 4. The van der Waals surface area contributed by atoms with E-state index in [1.165, 1.54) is 42.5 Å². The summed E-state index contributed by atoms with van der Waals surface area (Å²) in [5.74, 6) is 0.636. The number of carbonyl (C=O) groups excluding carboxylic acids is 1. The number of para-hydroxylation sites is 1. The summed E-state index contributed by atoms with van der Waals surface area (Å²) >= 11 is 0. The fourth-order valence-electron chi connectivity index (χ4n) is 3.87. The van der Waals surface area contributed by atoms with Crippen molar-refractivity contribution in [2.75, 3.05) is 13.1 Å². The number of tetrazole rings is 1. The Morgan fingerprint density at radius 1 is 1.14 bits per heavy atom. The van der Waals surface area contributed by atoms with Crippen molar-refractivity contribution in [2.24, 2.45) is 5.92 Å². The molecule has 0 radical (unpaired) electrons. The number of benzene rings is 2. The Morgan fingerprint density at radius 2 is 1.93 bits per heavy atom. The van der Waals surface area contributed by atoms with Gasteiger partial charge in [0.05, 0.1) is 11.3 Å². The highest BCUT2D eigenvalue weighted by atomic mass is 16.1. The zero-order chi connectivity index (χ0) is 20.1. The molecular weight excluding hydrogens is 364 g/mol. The lowest BCUT2D eigenvalue weighted by Crippen LogP contribution is -2.33. The van der Waals surface area contributed by atoms with Gasteiger partial charge in [0.15, 0.2) is 0 Å². The Bertz CT molecular complexity index is 938. The van der Waals surface area contributed by atoms with Gasteiger partial charge in [-0.2, -0.15) is 4.68 Å². The molecule has 1 atom stereocenters. The van der Waals surface area contributed by atoms with Crippen molar-refractivity contribution in [3.63, 3.8) is 0 Å². The highest BCUT2D eigenvalue weighted by molar-refractivity contribution is 5.97. The van der Waals surface area contributed by atoms with Gasteiger partial charge in [0.2, 0.25) is 0 Å². The van der Waals surface area contributed by atoms with Crippen LogP contribution in [0.3, 0.4) is 0 Å². The van der Waals surface area contributed by atoms with Crippen LogP contribution in [-0.2, 0) is 13.1 Å². The second-order valence-electron chi connectivity index (χ2n) is 7.75. The molecule has 1 fully saturated rings. The van der Waals surface area contributed by atoms with Crippen LogP contribution in [0.15, 0.2) is 54.9 Å². The third kappa shape index (κ3) is 4.86. The first-order chi connectivity index (χ1) is 14.2. The van der Waals surface area contributed by atoms with Crippen molar-refractivity contribution in [1.82, 2.24) is 30.4 Å². The molecular formula is C22H26N6O. The van der Waals surface area contributed by atoms with E-state index in [4.69, 9.17) is 0 Å². The minimum Gasteiger partial charge on any atom is -0.348 e. The molecule has 1 N–H and O–H groups in total. The van der Waals surface area contributed by atoms with Crippen LogP contribution in [-0.4, -0.2) is 44.1 Å². The van der Waals surface area contributed by atoms with Gasteiger partial charge in [-0.05, 0) is 59.0 Å². The molecule has 1 aliphatic heterocycles. The minimum absolute atomic E-state index is 0.150. The molecule has 1 unspecified atom stereocenters. The van der Waals surface area contributed by atoms with Gasteiger partial charge >= 0.3 is 0 Å². The normalized spacial score (nSPS) is 17.2. The maximum Gasteiger partial charge on any atom is 0.253 e. The van der Waals surface area contributed by atoms with Gasteiger partial charge in [-0.15, -0.1) is 5.10 Å². The van der Waals surface area contributed by atoms with E-state index >= 15 is 0 Å². The molecule has 0 bridgehead atoms. The average Bonchev–Trinajstić information content (AvgIpc) is 3.28. The van der Waals surface area contributed by atoms with Crippen LogP contribution < -0.4 is 5.32 Å². The van der Waals surface area contributed by atoms with Crippen LogP contribution in [0.4, 0.5) is 0 Å². The summed E-state index contributed by atoms with van der Waals surface area (Å²) in [6.45, 7) is 6.16. The van der Waals surface area contributed by atoms with Crippen molar-refractivity contribution in [3.05, 3.63) is 71.5 Å². The number of amides is 1. The molecule has 1 aromatic heterocycles. The summed E-state index contributed by atoms with van der Waals surface area (Å²) in [6.07, 6.45) is 4.11. The molecule has 7 heteroatoms. The Hall–Kier alpha value is -3.06. The van der Waals surface area contributed by atoms with E-state index in [2.05, 4.69) is 56.9 Å². The molecule has 1 saturated heterocycles. The molecule has 1 aliphatic rings. The number of carbonyl (C=O) groups is 1. The summed E-state index contributed by atoms with van der Waals surface area (Å²) in [5, 5.41) is 14.2. The fourth-order valence-corrected chi connectivity index (χ4v) is 3.87. The van der Waals surface area contributed by atoms with Gasteiger partial charge in [-0.3, -0.25) is 9.69 Å². The van der Waals surface area contributed by atoms with E-state index in [0.29, 0.717) is 17.8 Å². The summed E-state index contributed by atoms with van der Waals surface area (Å²) < 4.78 is 1.49. The number of likely N-dealkylation sites (tertiary alicyclic amines) is 1. The topological polar surface area (TPSA) is 75.9 Å². The molecule has 7 nitrogen and oxygen atoms in total. The first kappa shape index (κ1) is 19.3. The second-order valence-corrected chi connectivity index (χ2v) is 7.75. The molecule has 29 heavy (non-hydrogen) atoms. The molecule has 1 amide bonds. The quantitative estimate of drug-likeness (QED) is 0.700. The lowest BCUT2D eigenvalue weighted by atomic mass is 9.99. The van der Waals surface area contributed by atoms with Gasteiger partial charge in [0.25, 0.3) is 5.91 Å². The van der Waals surface area contributed by atoms with E-state index in [1.54, 1.807) is 6.07 Å². The van der Waals surface area contributed by atoms with E-state index in [0.717, 1.165) is 18.0 Å².